The first-order valence-electron chi connectivity index (χ1n) is 18.3. The number of carboxylic acids is 1. The molecule has 0 aromatic heterocycles. The van der Waals surface area contributed by atoms with Crippen LogP contribution >= 0.6 is 0 Å². The SMILES string of the molecule is CCCN(CCc1ccc(/N=N/c2ccc(NC(=O)CNC(=O)CCOCCN3C=C(CCC(=O)O)NN3)cc2)cc1)C1CCc2c(O)cccc2C1. The Morgan fingerprint density at radius 2 is 1.70 bits per heavy atom. The molecule has 0 saturated carbocycles. The van der Waals surface area contributed by atoms with Gasteiger partial charge in [0.05, 0.1) is 44.1 Å². The predicted octanol–water partition coefficient (Wildman–Crippen LogP) is 5.11. The average molecular weight is 727 g/mol. The second-order valence-electron chi connectivity index (χ2n) is 13.2. The summed E-state index contributed by atoms with van der Waals surface area (Å²) in [4.78, 5) is 37.8. The molecule has 282 valence electrons. The van der Waals surface area contributed by atoms with Gasteiger partial charge >= 0.3 is 5.97 Å². The topological polar surface area (TPSA) is 180 Å². The van der Waals surface area contributed by atoms with Crippen LogP contribution in [0.15, 0.2) is 88.9 Å². The molecule has 2 aliphatic rings. The number of nitrogens with zero attached hydrogens (tertiary/aromatic N) is 4. The number of allylic oxidation sites excluding steroid dienone is 1. The molecule has 1 atom stereocenters. The highest BCUT2D eigenvalue weighted by Crippen LogP contribution is 2.31. The van der Waals surface area contributed by atoms with Gasteiger partial charge in [-0.1, -0.05) is 31.2 Å². The Morgan fingerprint density at radius 3 is 2.43 bits per heavy atom. The Kier molecular flexibility index (Phi) is 14.7. The van der Waals surface area contributed by atoms with Crippen LogP contribution in [0.1, 0.15) is 55.7 Å². The lowest BCUT2D eigenvalue weighted by Crippen LogP contribution is -2.41. The molecule has 0 bridgehead atoms. The number of carbonyl (C=O) groups is 3. The van der Waals surface area contributed by atoms with Crippen molar-refractivity contribution in [2.45, 2.75) is 64.3 Å². The van der Waals surface area contributed by atoms with Gasteiger partial charge in [0.2, 0.25) is 11.8 Å². The number of hydrogen-bond donors (Lipinski definition) is 6. The van der Waals surface area contributed by atoms with E-state index in [9.17, 15) is 19.5 Å². The monoisotopic (exact) mass is 726 g/mol. The molecule has 14 heteroatoms. The minimum Gasteiger partial charge on any atom is -0.508 e. The quantitative estimate of drug-likeness (QED) is 0.0677. The molecular formula is C39H50N8O6. The van der Waals surface area contributed by atoms with Gasteiger partial charge in [0.1, 0.15) is 5.75 Å². The van der Waals surface area contributed by atoms with Crippen molar-refractivity contribution in [1.29, 1.82) is 0 Å². The fraction of sp³-hybridized carbons (Fsp3) is 0.410. The number of hydrogen-bond acceptors (Lipinski definition) is 11. The molecule has 5 rings (SSSR count). The Bertz CT molecular complexity index is 1730. The van der Waals surface area contributed by atoms with Gasteiger partial charge in [-0.3, -0.25) is 24.3 Å². The molecule has 1 unspecified atom stereocenters. The second-order valence-corrected chi connectivity index (χ2v) is 13.2. The molecule has 1 aliphatic heterocycles. The van der Waals surface area contributed by atoms with Crippen LogP contribution in [0.3, 0.4) is 0 Å². The number of anilines is 1. The highest BCUT2D eigenvalue weighted by Gasteiger charge is 2.25. The predicted molar refractivity (Wildman–Crippen MR) is 202 cm³/mol. The van der Waals surface area contributed by atoms with Crippen molar-refractivity contribution in [3.8, 4) is 5.75 Å². The lowest BCUT2D eigenvalue weighted by Gasteiger charge is -2.35. The Balaban J connectivity index is 0.962. The Labute approximate surface area is 310 Å². The molecule has 53 heavy (non-hydrogen) atoms. The van der Waals surface area contributed by atoms with Crippen molar-refractivity contribution in [3.05, 3.63) is 95.3 Å². The van der Waals surface area contributed by atoms with E-state index in [0.29, 0.717) is 42.7 Å². The minimum absolute atomic E-state index is 0.0417. The van der Waals surface area contributed by atoms with Crippen molar-refractivity contribution in [2.24, 2.45) is 10.2 Å². The number of ether oxygens (including phenoxy) is 1. The first-order valence-corrected chi connectivity index (χ1v) is 18.3. The van der Waals surface area contributed by atoms with E-state index in [4.69, 9.17) is 9.84 Å². The van der Waals surface area contributed by atoms with E-state index >= 15 is 0 Å². The van der Waals surface area contributed by atoms with Crippen LogP contribution in [-0.4, -0.2) is 83.3 Å². The van der Waals surface area contributed by atoms with E-state index in [1.807, 2.05) is 18.2 Å². The minimum atomic E-state index is -0.858. The summed E-state index contributed by atoms with van der Waals surface area (Å²) >= 11 is 0. The molecule has 0 fully saturated rings. The number of benzene rings is 3. The third-order valence-corrected chi connectivity index (χ3v) is 9.19. The van der Waals surface area contributed by atoms with Gasteiger partial charge in [0.25, 0.3) is 0 Å². The smallest absolute Gasteiger partial charge is 0.303 e. The number of carboxylic acid groups (broad SMARTS) is 1. The second kappa shape index (κ2) is 20.1. The van der Waals surface area contributed by atoms with Gasteiger partial charge in [-0.15, -0.1) is 5.53 Å². The maximum Gasteiger partial charge on any atom is 0.303 e. The number of amides is 2. The number of phenols is 1. The zero-order valence-corrected chi connectivity index (χ0v) is 30.2. The largest absolute Gasteiger partial charge is 0.508 e. The van der Waals surface area contributed by atoms with E-state index in [-0.39, 0.29) is 37.8 Å². The molecule has 6 N–H and O–H groups in total. The van der Waals surface area contributed by atoms with Crippen LogP contribution in [0.25, 0.3) is 0 Å². The third-order valence-electron chi connectivity index (χ3n) is 9.19. The molecule has 1 heterocycles. The lowest BCUT2D eigenvalue weighted by atomic mass is 9.86. The maximum absolute atomic E-state index is 12.4. The van der Waals surface area contributed by atoms with Gasteiger partial charge < -0.3 is 31.0 Å². The number of aromatic hydroxyl groups is 1. The van der Waals surface area contributed by atoms with E-state index in [0.717, 1.165) is 62.1 Å². The van der Waals surface area contributed by atoms with Gasteiger partial charge in [0.15, 0.2) is 0 Å². The van der Waals surface area contributed by atoms with Gasteiger partial charge in [-0.25, -0.2) is 0 Å². The molecule has 0 radical (unpaired) electrons. The summed E-state index contributed by atoms with van der Waals surface area (Å²) in [7, 11) is 0. The Hall–Kier alpha value is -5.31. The van der Waals surface area contributed by atoms with Gasteiger partial charge in [-0.2, -0.15) is 10.2 Å². The first kappa shape index (κ1) is 38.9. The molecule has 1 aliphatic carbocycles. The summed E-state index contributed by atoms with van der Waals surface area (Å²) in [6, 6.07) is 21.5. The van der Waals surface area contributed by atoms with Crippen LogP contribution < -0.4 is 21.6 Å². The Morgan fingerprint density at radius 1 is 0.943 bits per heavy atom. The molecule has 0 saturated heterocycles. The molecule has 0 spiro atoms. The molecule has 3 aromatic rings. The number of rotatable bonds is 20. The summed E-state index contributed by atoms with van der Waals surface area (Å²) in [6.45, 7) is 5.16. The zero-order chi connectivity index (χ0) is 37.4. The molecule has 14 nitrogen and oxygen atoms in total. The van der Waals surface area contributed by atoms with Crippen LogP contribution in [0.5, 0.6) is 5.75 Å². The number of phenolic OH excluding ortho intramolecular Hbond substituents is 1. The fourth-order valence-corrected chi connectivity index (χ4v) is 6.36. The van der Waals surface area contributed by atoms with Crippen molar-refractivity contribution in [3.63, 3.8) is 0 Å². The normalized spacial score (nSPS) is 15.2. The van der Waals surface area contributed by atoms with Crippen LogP contribution in [0.2, 0.25) is 0 Å². The van der Waals surface area contributed by atoms with E-state index in [1.54, 1.807) is 41.5 Å². The number of azo groups is 1. The van der Waals surface area contributed by atoms with E-state index < -0.39 is 5.97 Å². The fourth-order valence-electron chi connectivity index (χ4n) is 6.36. The number of aliphatic carboxylic acids is 1. The van der Waals surface area contributed by atoms with Crippen molar-refractivity contribution in [2.75, 3.05) is 44.7 Å². The third kappa shape index (κ3) is 12.7. The summed E-state index contributed by atoms with van der Waals surface area (Å²) in [5.74, 6) is -1.08. The van der Waals surface area contributed by atoms with Gasteiger partial charge in [-0.05, 0) is 97.8 Å². The van der Waals surface area contributed by atoms with Crippen molar-refractivity contribution in [1.82, 2.24) is 26.2 Å². The summed E-state index contributed by atoms with van der Waals surface area (Å²) < 4.78 is 5.50. The van der Waals surface area contributed by atoms with E-state index in [1.165, 1.54) is 11.1 Å². The number of nitrogens with one attached hydrogen (secondary N) is 4. The number of carbonyl (C=O) groups excluding carboxylic acids is 2. The van der Waals surface area contributed by atoms with Crippen molar-refractivity contribution < 1.29 is 29.3 Å². The maximum atomic E-state index is 12.4. The van der Waals surface area contributed by atoms with E-state index in [2.05, 4.69) is 61.8 Å². The molecule has 3 aromatic carbocycles. The lowest BCUT2D eigenvalue weighted by molar-refractivity contribution is -0.137. The average Bonchev–Trinajstić information content (AvgIpc) is 3.62. The van der Waals surface area contributed by atoms with Crippen LogP contribution in [0, 0.1) is 0 Å². The van der Waals surface area contributed by atoms with Gasteiger partial charge in [0, 0.05) is 43.0 Å². The number of fused-ring (bicyclic) bond motifs is 1. The first-order chi connectivity index (χ1) is 25.7. The molecular weight excluding hydrogens is 676 g/mol. The standard InChI is InChI=1S/C39H50N8O6/c1-2-20-46(34-15-16-35-29(25-34)4-3-5-36(35)48)21-18-28-6-8-31(9-7-28)42-43-32-12-10-30(11-13-32)41-38(50)26-40-37(49)19-23-53-24-22-47-27-33(44-45-47)14-17-39(51)52/h3-13,27,34,44-45,48H,2,14-26H2,1H3,(H,40,49)(H,41,50)(H,51,52)/b43-42+. The molecule has 2 amide bonds. The highest BCUT2D eigenvalue weighted by molar-refractivity contribution is 5.94. The summed E-state index contributed by atoms with van der Waals surface area (Å²) in [5.41, 5.74) is 12.2. The summed E-state index contributed by atoms with van der Waals surface area (Å²) in [5, 5.41) is 34.8. The van der Waals surface area contributed by atoms with Crippen LogP contribution in [0.4, 0.5) is 17.1 Å². The highest BCUT2D eigenvalue weighted by atomic mass is 16.5. The zero-order valence-electron chi connectivity index (χ0n) is 30.2. The number of hydrazine groups is 2. The summed E-state index contributed by atoms with van der Waals surface area (Å²) in [6.07, 6.45) is 7.33. The van der Waals surface area contributed by atoms with Crippen molar-refractivity contribution >= 4 is 34.8 Å². The van der Waals surface area contributed by atoms with Crippen LogP contribution in [-0.2, 0) is 38.4 Å².